The molecule has 24 heavy (non-hydrogen) atoms. The van der Waals surface area contributed by atoms with Crippen LogP contribution in [-0.2, 0) is 19.8 Å². The molecule has 0 aromatic heterocycles. The summed E-state index contributed by atoms with van der Waals surface area (Å²) in [5.74, 6) is -0.245. The lowest BCUT2D eigenvalue weighted by Crippen LogP contribution is -2.36. The Morgan fingerprint density at radius 2 is 2.17 bits per heavy atom. The molecule has 2 aliphatic rings. The normalized spacial score (nSPS) is 21.1. The molecule has 2 fully saturated rings. The summed E-state index contributed by atoms with van der Waals surface area (Å²) >= 11 is 0. The summed E-state index contributed by atoms with van der Waals surface area (Å²) in [4.78, 5) is 28.7. The molecule has 3 rings (SSSR count). The molecule has 1 aromatic rings. The van der Waals surface area contributed by atoms with Crippen LogP contribution in [0.1, 0.15) is 18.4 Å². The smallest absolute Gasteiger partial charge is 0.414 e. The molecule has 1 heterocycles. The van der Waals surface area contributed by atoms with E-state index in [1.54, 1.807) is 0 Å². The first-order chi connectivity index (χ1) is 11.6. The molecule has 0 bridgehead atoms. The molecule has 7 nitrogen and oxygen atoms in total. The highest BCUT2D eigenvalue weighted by atomic mass is 16.6. The van der Waals surface area contributed by atoms with Gasteiger partial charge in [-0.1, -0.05) is 0 Å². The number of rotatable bonds is 6. The Morgan fingerprint density at radius 1 is 1.46 bits per heavy atom. The van der Waals surface area contributed by atoms with E-state index in [9.17, 15) is 9.59 Å². The number of ether oxygens (including phenoxy) is 2. The maximum absolute atomic E-state index is 12.0. The van der Waals surface area contributed by atoms with E-state index in [2.05, 4.69) is 10.2 Å². The summed E-state index contributed by atoms with van der Waals surface area (Å²) in [6.45, 7) is 7.90. The molecular weight excluding hydrogens is 310 g/mol. The van der Waals surface area contributed by atoms with Crippen LogP contribution in [0.2, 0.25) is 0 Å². The molecule has 0 radical (unpaired) electrons. The fraction of sp³-hybridized carbons (Fsp3) is 0.471. The first-order valence-corrected chi connectivity index (χ1v) is 7.81. The number of hydrogen-bond donors (Lipinski definition) is 1. The number of cyclic esters (lactones) is 1. The summed E-state index contributed by atoms with van der Waals surface area (Å²) in [6.07, 6.45) is 0.964. The summed E-state index contributed by atoms with van der Waals surface area (Å²) in [5.41, 5.74) is 1.38. The van der Waals surface area contributed by atoms with Gasteiger partial charge in [-0.2, -0.15) is 0 Å². The number of benzene rings is 1. The van der Waals surface area contributed by atoms with Gasteiger partial charge in [0.15, 0.2) is 0 Å². The first-order valence-electron chi connectivity index (χ1n) is 7.81. The number of methoxy groups -OCH3 is 1. The average Bonchev–Trinajstić information content (AvgIpc) is 3.30. The van der Waals surface area contributed by atoms with Crippen molar-refractivity contribution in [3.63, 3.8) is 0 Å². The zero-order valence-corrected chi connectivity index (χ0v) is 13.4. The lowest BCUT2D eigenvalue weighted by Gasteiger charge is -2.14. The van der Waals surface area contributed by atoms with E-state index in [-0.39, 0.29) is 24.6 Å². The third-order valence-electron chi connectivity index (χ3n) is 4.33. The molecule has 0 spiro atoms. The first kappa shape index (κ1) is 16.3. The van der Waals surface area contributed by atoms with E-state index in [1.165, 1.54) is 12.0 Å². The molecule has 1 aliphatic carbocycles. The Labute approximate surface area is 140 Å². The second-order valence-corrected chi connectivity index (χ2v) is 6.04. The van der Waals surface area contributed by atoms with Gasteiger partial charge in [0.1, 0.15) is 12.7 Å². The molecule has 126 valence electrons. The second-order valence-electron chi connectivity index (χ2n) is 6.04. The van der Waals surface area contributed by atoms with Crippen LogP contribution >= 0.6 is 0 Å². The molecule has 1 atom stereocenters. The second kappa shape index (κ2) is 6.49. The highest BCUT2D eigenvalue weighted by Gasteiger charge is 2.52. The van der Waals surface area contributed by atoms with Gasteiger partial charge >= 0.3 is 6.09 Å². The maximum atomic E-state index is 12.0. The minimum absolute atomic E-state index is 0.0192. The number of amides is 2. The van der Waals surface area contributed by atoms with Crippen molar-refractivity contribution in [1.82, 2.24) is 5.32 Å². The van der Waals surface area contributed by atoms with E-state index in [0.717, 1.165) is 24.1 Å². The number of nitrogens with one attached hydrogen (secondary N) is 1. The summed E-state index contributed by atoms with van der Waals surface area (Å²) in [5, 5.41) is 2.66. The van der Waals surface area contributed by atoms with E-state index >= 15 is 0 Å². The van der Waals surface area contributed by atoms with E-state index in [1.807, 2.05) is 24.3 Å². The van der Waals surface area contributed by atoms with Crippen molar-refractivity contribution in [3.05, 3.63) is 41.2 Å². The molecule has 2 amide bonds. The molecule has 1 unspecified atom stereocenters. The number of carbonyl (C=O) groups excluding carboxylic acids is 2. The molecule has 1 N–H and O–H groups in total. The summed E-state index contributed by atoms with van der Waals surface area (Å²) < 4.78 is 10.0. The molecule has 1 saturated heterocycles. The Balaban J connectivity index is 1.60. The van der Waals surface area contributed by atoms with E-state index in [0.29, 0.717) is 6.54 Å². The van der Waals surface area contributed by atoms with Gasteiger partial charge in [0.25, 0.3) is 5.54 Å². The quantitative estimate of drug-likeness (QED) is 0.806. The Morgan fingerprint density at radius 3 is 2.75 bits per heavy atom. The zero-order chi connectivity index (χ0) is 17.2. The minimum Gasteiger partial charge on any atom is -0.442 e. The van der Waals surface area contributed by atoms with Crippen molar-refractivity contribution < 1.29 is 19.1 Å². The van der Waals surface area contributed by atoms with Gasteiger partial charge in [0, 0.05) is 31.2 Å². The third-order valence-corrected chi connectivity index (χ3v) is 4.33. The predicted molar refractivity (Wildman–Crippen MR) is 86.5 cm³/mol. The fourth-order valence-electron chi connectivity index (χ4n) is 2.78. The Hall–Kier alpha value is -2.59. The average molecular weight is 329 g/mol. The van der Waals surface area contributed by atoms with Crippen molar-refractivity contribution in [2.75, 3.05) is 31.7 Å². The SMILES string of the molecule is [C-]#[N+]C1(c2ccc(N3CC(CNC(=O)COC)OC3=O)cc2)CC1. The summed E-state index contributed by atoms with van der Waals surface area (Å²) in [7, 11) is 1.44. The third kappa shape index (κ3) is 3.19. The lowest BCUT2D eigenvalue weighted by molar-refractivity contribution is -0.125. The van der Waals surface area contributed by atoms with Crippen LogP contribution in [0.5, 0.6) is 0 Å². The van der Waals surface area contributed by atoms with Gasteiger partial charge in [0.2, 0.25) is 5.91 Å². The molecule has 7 heteroatoms. The lowest BCUT2D eigenvalue weighted by atomic mass is 10.1. The van der Waals surface area contributed by atoms with Crippen LogP contribution in [0.4, 0.5) is 10.5 Å². The van der Waals surface area contributed by atoms with Crippen molar-refractivity contribution in [2.24, 2.45) is 0 Å². The monoisotopic (exact) mass is 329 g/mol. The number of anilines is 1. The summed E-state index contributed by atoms with van der Waals surface area (Å²) in [6, 6.07) is 7.49. The predicted octanol–water partition coefficient (Wildman–Crippen LogP) is 1.68. The van der Waals surface area contributed by atoms with Crippen molar-refractivity contribution in [3.8, 4) is 0 Å². The molecule has 1 aromatic carbocycles. The van der Waals surface area contributed by atoms with Crippen molar-refractivity contribution in [2.45, 2.75) is 24.5 Å². The Bertz CT molecular complexity index is 676. The van der Waals surface area contributed by atoms with Gasteiger partial charge in [-0.05, 0) is 24.3 Å². The minimum atomic E-state index is -0.431. The molecule has 1 aliphatic heterocycles. The van der Waals surface area contributed by atoms with E-state index in [4.69, 9.17) is 16.0 Å². The van der Waals surface area contributed by atoms with Crippen LogP contribution in [-0.4, -0.2) is 44.9 Å². The van der Waals surface area contributed by atoms with Crippen LogP contribution in [0.15, 0.2) is 24.3 Å². The standard InChI is InChI=1S/C17H19N3O4/c1-18-17(7-8-17)12-3-5-13(6-4-12)20-10-14(24-16(20)22)9-19-15(21)11-23-2/h3-6,14H,7-11H2,2H3,(H,19,21). The van der Waals surface area contributed by atoms with Crippen LogP contribution in [0.25, 0.3) is 4.85 Å². The number of carbonyl (C=O) groups is 2. The maximum Gasteiger partial charge on any atom is 0.414 e. The zero-order valence-electron chi connectivity index (χ0n) is 13.4. The topological polar surface area (TPSA) is 72.2 Å². The van der Waals surface area contributed by atoms with Crippen LogP contribution < -0.4 is 10.2 Å². The largest absolute Gasteiger partial charge is 0.442 e. The van der Waals surface area contributed by atoms with E-state index < -0.39 is 12.2 Å². The fourth-order valence-corrected chi connectivity index (χ4v) is 2.78. The van der Waals surface area contributed by atoms with Crippen LogP contribution in [0.3, 0.4) is 0 Å². The highest BCUT2D eigenvalue weighted by Crippen LogP contribution is 2.49. The Kier molecular flexibility index (Phi) is 4.40. The van der Waals surface area contributed by atoms with Gasteiger partial charge in [0.05, 0.1) is 13.1 Å². The van der Waals surface area contributed by atoms with Gasteiger partial charge in [-0.15, -0.1) is 0 Å². The van der Waals surface area contributed by atoms with Gasteiger partial charge in [-0.3, -0.25) is 9.69 Å². The van der Waals surface area contributed by atoms with Gasteiger partial charge < -0.3 is 19.6 Å². The number of nitrogens with zero attached hydrogens (tertiary/aromatic N) is 2. The van der Waals surface area contributed by atoms with Crippen molar-refractivity contribution in [1.29, 1.82) is 0 Å². The van der Waals surface area contributed by atoms with Crippen LogP contribution in [0, 0.1) is 6.57 Å². The number of hydrogen-bond acceptors (Lipinski definition) is 4. The highest BCUT2D eigenvalue weighted by molar-refractivity contribution is 5.89. The molecular formula is C17H19N3O4. The van der Waals surface area contributed by atoms with Crippen molar-refractivity contribution >= 4 is 17.7 Å². The van der Waals surface area contributed by atoms with Gasteiger partial charge in [-0.25, -0.2) is 11.4 Å². The molecule has 1 saturated carbocycles.